The second kappa shape index (κ2) is 6.21. The Morgan fingerprint density at radius 1 is 1.40 bits per heavy atom. The third kappa shape index (κ3) is 2.81. The number of hydrogen-bond acceptors (Lipinski definition) is 5. The molecule has 3 aromatic rings. The van der Waals surface area contributed by atoms with E-state index < -0.39 is 0 Å². The van der Waals surface area contributed by atoms with Gasteiger partial charge in [0, 0.05) is 47.9 Å². The van der Waals surface area contributed by atoms with Crippen LogP contribution in [0.25, 0.3) is 22.2 Å². The molecule has 3 aromatic heterocycles. The van der Waals surface area contributed by atoms with Gasteiger partial charge < -0.3 is 4.98 Å². The monoisotopic (exact) mass is 352 g/mol. The average Bonchev–Trinajstić information content (AvgIpc) is 3.21. The van der Waals surface area contributed by atoms with Crippen LogP contribution in [0, 0.1) is 11.3 Å². The summed E-state index contributed by atoms with van der Waals surface area (Å²) in [5.41, 5.74) is 2.82. The molecule has 0 radical (unpaired) electrons. The molecule has 1 saturated heterocycles. The molecule has 1 aliphatic heterocycles. The van der Waals surface area contributed by atoms with Crippen molar-refractivity contribution in [1.82, 2.24) is 24.1 Å². The average molecular weight is 352 g/mol. The minimum Gasteiger partial charge on any atom is -0.346 e. The second-order valence-electron chi connectivity index (χ2n) is 6.78. The molecule has 1 fully saturated rings. The molecule has 0 aromatic carbocycles. The fourth-order valence-corrected chi connectivity index (χ4v) is 4.63. The van der Waals surface area contributed by atoms with Crippen LogP contribution >= 0.6 is 11.9 Å². The van der Waals surface area contributed by atoms with Crippen molar-refractivity contribution >= 4 is 23.0 Å². The van der Waals surface area contributed by atoms with Crippen LogP contribution in [0.2, 0.25) is 0 Å². The number of nitrogens with zero attached hydrogens (tertiary/aromatic N) is 5. The molecule has 1 N–H and O–H groups in total. The van der Waals surface area contributed by atoms with E-state index >= 15 is 0 Å². The Bertz CT molecular complexity index is 928. The summed E-state index contributed by atoms with van der Waals surface area (Å²) in [6, 6.07) is 6.39. The highest BCUT2D eigenvalue weighted by molar-refractivity contribution is 7.97. The molecule has 0 aliphatic carbocycles. The Morgan fingerprint density at radius 2 is 2.24 bits per heavy atom. The summed E-state index contributed by atoms with van der Waals surface area (Å²) < 4.78 is 4.31. The van der Waals surface area contributed by atoms with Crippen LogP contribution in [0.3, 0.4) is 0 Å². The lowest BCUT2D eigenvalue weighted by atomic mass is 9.89. The summed E-state index contributed by atoms with van der Waals surface area (Å²) in [7, 11) is 0. The fourth-order valence-electron chi connectivity index (χ4n) is 3.40. The predicted molar refractivity (Wildman–Crippen MR) is 99.8 cm³/mol. The highest BCUT2D eigenvalue weighted by atomic mass is 32.2. The third-order valence-corrected chi connectivity index (χ3v) is 5.53. The first-order chi connectivity index (χ1) is 12.1. The standard InChI is InChI=1S/C18H20N6S/c1-13(2)25-23-11-18(12-23,5-6-19)24-10-14(9-22-24)15-3-7-20-17-16(15)4-8-21-17/h3-4,7-10,13H,5,11-12H2,1-2H3,(H,20,21). The van der Waals surface area contributed by atoms with E-state index in [2.05, 4.69) is 45.5 Å². The summed E-state index contributed by atoms with van der Waals surface area (Å²) in [6.07, 6.45) is 8.13. The van der Waals surface area contributed by atoms with E-state index in [0.717, 1.165) is 35.2 Å². The maximum Gasteiger partial charge on any atom is 0.137 e. The molecule has 4 rings (SSSR count). The molecule has 6 nitrogen and oxygen atoms in total. The first kappa shape index (κ1) is 16.2. The van der Waals surface area contributed by atoms with E-state index in [9.17, 15) is 5.26 Å². The van der Waals surface area contributed by atoms with Crippen molar-refractivity contribution in [2.45, 2.75) is 31.1 Å². The van der Waals surface area contributed by atoms with Crippen molar-refractivity contribution in [2.24, 2.45) is 0 Å². The van der Waals surface area contributed by atoms with Crippen molar-refractivity contribution in [3.8, 4) is 17.2 Å². The SMILES string of the molecule is CC(C)SN1CC(CC#N)(n2cc(-c3ccnc4[nH]ccc34)cn2)C1. The van der Waals surface area contributed by atoms with Gasteiger partial charge in [-0.25, -0.2) is 9.29 Å². The highest BCUT2D eigenvalue weighted by Gasteiger charge is 2.46. The summed E-state index contributed by atoms with van der Waals surface area (Å²) in [5.74, 6) is 0. The van der Waals surface area contributed by atoms with Gasteiger partial charge in [-0.15, -0.1) is 0 Å². The van der Waals surface area contributed by atoms with Crippen LogP contribution in [0.15, 0.2) is 36.9 Å². The van der Waals surface area contributed by atoms with Crippen molar-refractivity contribution < 1.29 is 0 Å². The number of nitriles is 1. The number of hydrogen-bond donors (Lipinski definition) is 1. The minimum absolute atomic E-state index is 0.223. The summed E-state index contributed by atoms with van der Waals surface area (Å²) in [6.45, 7) is 6.07. The molecule has 0 unspecified atom stereocenters. The maximum atomic E-state index is 9.30. The highest BCUT2D eigenvalue weighted by Crippen LogP contribution is 2.38. The Kier molecular flexibility index (Phi) is 4.02. The summed E-state index contributed by atoms with van der Waals surface area (Å²) in [4.78, 5) is 7.48. The molecular weight excluding hydrogens is 332 g/mol. The lowest BCUT2D eigenvalue weighted by Crippen LogP contribution is -2.60. The number of aromatic nitrogens is 4. The van der Waals surface area contributed by atoms with E-state index in [1.54, 1.807) is 6.20 Å². The maximum absolute atomic E-state index is 9.30. The van der Waals surface area contributed by atoms with Crippen molar-refractivity contribution in [1.29, 1.82) is 5.26 Å². The minimum atomic E-state index is -0.223. The predicted octanol–water partition coefficient (Wildman–Crippen LogP) is 3.41. The fraction of sp³-hybridized carbons (Fsp3) is 0.389. The number of nitrogens with one attached hydrogen (secondary N) is 1. The van der Waals surface area contributed by atoms with Gasteiger partial charge >= 0.3 is 0 Å². The van der Waals surface area contributed by atoms with Crippen molar-refractivity contribution in [3.05, 3.63) is 36.9 Å². The first-order valence-electron chi connectivity index (χ1n) is 8.38. The van der Waals surface area contributed by atoms with Crippen LogP contribution < -0.4 is 0 Å². The first-order valence-corrected chi connectivity index (χ1v) is 9.21. The Hall–Kier alpha value is -2.30. The zero-order valence-electron chi connectivity index (χ0n) is 14.3. The molecule has 1 aliphatic rings. The molecule has 7 heteroatoms. The number of fused-ring (bicyclic) bond motifs is 1. The molecule has 0 amide bonds. The number of rotatable bonds is 5. The second-order valence-corrected chi connectivity index (χ2v) is 8.45. The molecule has 0 spiro atoms. The molecule has 0 atom stereocenters. The zero-order chi connectivity index (χ0) is 17.4. The lowest BCUT2D eigenvalue weighted by Gasteiger charge is -2.48. The normalized spacial score (nSPS) is 16.9. The van der Waals surface area contributed by atoms with Gasteiger partial charge in [0.2, 0.25) is 0 Å². The van der Waals surface area contributed by atoms with E-state index in [1.807, 2.05) is 41.2 Å². The van der Waals surface area contributed by atoms with E-state index in [-0.39, 0.29) is 5.54 Å². The number of aromatic amines is 1. The number of pyridine rings is 1. The van der Waals surface area contributed by atoms with Crippen LogP contribution in [-0.2, 0) is 5.54 Å². The van der Waals surface area contributed by atoms with Crippen LogP contribution in [-0.4, -0.2) is 42.4 Å². The van der Waals surface area contributed by atoms with Gasteiger partial charge in [-0.3, -0.25) is 4.68 Å². The summed E-state index contributed by atoms with van der Waals surface area (Å²) in [5, 5.41) is 15.5. The van der Waals surface area contributed by atoms with Crippen LogP contribution in [0.5, 0.6) is 0 Å². The quantitative estimate of drug-likeness (QED) is 0.712. The van der Waals surface area contributed by atoms with E-state index in [4.69, 9.17) is 0 Å². The van der Waals surface area contributed by atoms with Gasteiger partial charge in [0.1, 0.15) is 11.2 Å². The van der Waals surface area contributed by atoms with Gasteiger partial charge in [-0.1, -0.05) is 25.8 Å². The molecule has 25 heavy (non-hydrogen) atoms. The topological polar surface area (TPSA) is 73.5 Å². The van der Waals surface area contributed by atoms with Crippen molar-refractivity contribution in [2.75, 3.05) is 13.1 Å². The largest absolute Gasteiger partial charge is 0.346 e. The molecule has 4 heterocycles. The van der Waals surface area contributed by atoms with E-state index in [1.165, 1.54) is 0 Å². The zero-order valence-corrected chi connectivity index (χ0v) is 15.1. The smallest absolute Gasteiger partial charge is 0.137 e. The van der Waals surface area contributed by atoms with Gasteiger partial charge in [0.15, 0.2) is 0 Å². The Balaban J connectivity index is 1.64. The number of H-pyrrole nitrogens is 1. The molecule has 0 bridgehead atoms. The van der Waals surface area contributed by atoms with Gasteiger partial charge in [-0.05, 0) is 17.7 Å². The van der Waals surface area contributed by atoms with Gasteiger partial charge in [-0.2, -0.15) is 10.4 Å². The Labute approximate surface area is 151 Å². The third-order valence-electron chi connectivity index (χ3n) is 4.55. The van der Waals surface area contributed by atoms with Crippen LogP contribution in [0.4, 0.5) is 0 Å². The van der Waals surface area contributed by atoms with Gasteiger partial charge in [0.05, 0.1) is 18.7 Å². The van der Waals surface area contributed by atoms with Crippen molar-refractivity contribution in [3.63, 3.8) is 0 Å². The Morgan fingerprint density at radius 3 is 3.00 bits per heavy atom. The summed E-state index contributed by atoms with van der Waals surface area (Å²) >= 11 is 1.84. The van der Waals surface area contributed by atoms with Gasteiger partial charge in [0.25, 0.3) is 0 Å². The van der Waals surface area contributed by atoms with E-state index in [0.29, 0.717) is 11.7 Å². The molecule has 128 valence electrons. The van der Waals surface area contributed by atoms with Crippen LogP contribution in [0.1, 0.15) is 20.3 Å². The molecule has 0 saturated carbocycles. The molecular formula is C18H20N6S. The lowest BCUT2D eigenvalue weighted by molar-refractivity contribution is 0.0807.